The largest absolute Gasteiger partial charge is 0.486 e. The Morgan fingerprint density at radius 3 is 2.34 bits per heavy atom. The molecule has 0 unspecified atom stereocenters. The van der Waals surface area contributed by atoms with E-state index in [1.807, 2.05) is 0 Å². The summed E-state index contributed by atoms with van der Waals surface area (Å²) < 4.78 is 34.5. The maximum atomic E-state index is 13.8. The molecule has 0 N–H and O–H groups in total. The fourth-order valence-electron chi connectivity index (χ4n) is 3.00. The Morgan fingerprint density at radius 1 is 1.03 bits per heavy atom. The first-order valence-electron chi connectivity index (χ1n) is 9.22. The summed E-state index contributed by atoms with van der Waals surface area (Å²) in [7, 11) is 0. The molecule has 1 heterocycles. The monoisotopic (exact) mass is 595 g/mol. The third kappa shape index (κ3) is 4.96. The third-order valence-electron chi connectivity index (χ3n) is 4.53. The summed E-state index contributed by atoms with van der Waals surface area (Å²) in [6.07, 6.45) is 1.72. The van der Waals surface area contributed by atoms with E-state index in [1.165, 1.54) is 47.0 Å². The second-order valence-corrected chi connectivity index (χ2v) is 10.1. The van der Waals surface area contributed by atoms with Gasteiger partial charge >= 0.3 is 0 Å². The molecule has 1 fully saturated rings. The lowest BCUT2D eigenvalue weighted by Gasteiger charge is -2.14. The molecular formula is C23H13Br2F2NO2S2. The van der Waals surface area contributed by atoms with Crippen molar-refractivity contribution in [1.82, 2.24) is 0 Å². The van der Waals surface area contributed by atoms with E-state index in [0.29, 0.717) is 35.2 Å². The van der Waals surface area contributed by atoms with Gasteiger partial charge in [0.25, 0.3) is 5.91 Å². The second-order valence-electron chi connectivity index (χ2n) is 6.69. The van der Waals surface area contributed by atoms with Crippen LogP contribution in [0.15, 0.2) is 74.5 Å². The predicted molar refractivity (Wildman–Crippen MR) is 135 cm³/mol. The Bertz CT molecular complexity index is 1230. The van der Waals surface area contributed by atoms with Gasteiger partial charge in [0.1, 0.15) is 24.0 Å². The molecule has 32 heavy (non-hydrogen) atoms. The average molecular weight is 597 g/mol. The molecule has 0 radical (unpaired) electrons. The van der Waals surface area contributed by atoms with Gasteiger partial charge in [0, 0.05) is 5.56 Å². The number of anilines is 1. The van der Waals surface area contributed by atoms with E-state index in [1.54, 1.807) is 36.4 Å². The zero-order valence-electron chi connectivity index (χ0n) is 16.2. The molecule has 0 saturated carbocycles. The minimum atomic E-state index is -0.387. The van der Waals surface area contributed by atoms with Crippen LogP contribution in [0, 0.1) is 11.6 Å². The van der Waals surface area contributed by atoms with Crippen LogP contribution in [0.2, 0.25) is 0 Å². The molecule has 3 aromatic rings. The van der Waals surface area contributed by atoms with Crippen molar-refractivity contribution in [2.45, 2.75) is 6.61 Å². The highest BCUT2D eigenvalue weighted by Crippen LogP contribution is 2.39. The van der Waals surface area contributed by atoms with E-state index >= 15 is 0 Å². The van der Waals surface area contributed by atoms with E-state index in [9.17, 15) is 13.6 Å². The number of carbonyl (C=O) groups excluding carboxylic acids is 1. The van der Waals surface area contributed by atoms with Gasteiger partial charge in [-0.2, -0.15) is 0 Å². The number of halogens is 4. The first-order chi connectivity index (χ1) is 15.3. The number of amides is 1. The summed E-state index contributed by atoms with van der Waals surface area (Å²) >= 11 is 13.5. The number of hydrogen-bond donors (Lipinski definition) is 0. The number of benzene rings is 3. The van der Waals surface area contributed by atoms with Crippen molar-refractivity contribution in [3.8, 4) is 5.75 Å². The van der Waals surface area contributed by atoms with Gasteiger partial charge in [-0.05, 0) is 86.0 Å². The minimum absolute atomic E-state index is 0.0690. The molecular weight excluding hydrogens is 584 g/mol. The molecule has 1 saturated heterocycles. The smallest absolute Gasteiger partial charge is 0.270 e. The normalized spacial score (nSPS) is 15.0. The maximum Gasteiger partial charge on any atom is 0.270 e. The molecule has 0 aromatic heterocycles. The van der Waals surface area contributed by atoms with Crippen molar-refractivity contribution >= 4 is 77.8 Å². The predicted octanol–water partition coefficient (Wildman–Crippen LogP) is 7.47. The summed E-state index contributed by atoms with van der Waals surface area (Å²) in [4.78, 5) is 14.7. The highest BCUT2D eigenvalue weighted by molar-refractivity contribution is 9.11. The van der Waals surface area contributed by atoms with Crippen molar-refractivity contribution < 1.29 is 18.3 Å². The fraction of sp³-hybridized carbons (Fsp3) is 0.0435. The SMILES string of the molecule is O=C1/C(=C\c2cc(Br)c(OCc3ccccc3F)c(Br)c2)SC(=S)N1c1ccc(F)cc1. The zero-order valence-corrected chi connectivity index (χ0v) is 21.0. The number of nitrogens with zero attached hydrogens (tertiary/aromatic N) is 1. The number of carbonyl (C=O) groups is 1. The van der Waals surface area contributed by atoms with Crippen molar-refractivity contribution in [3.05, 3.63) is 97.3 Å². The molecule has 3 aromatic carbocycles. The van der Waals surface area contributed by atoms with Crippen LogP contribution in [-0.2, 0) is 11.4 Å². The topological polar surface area (TPSA) is 29.5 Å². The van der Waals surface area contributed by atoms with Crippen molar-refractivity contribution in [2.24, 2.45) is 0 Å². The molecule has 0 atom stereocenters. The Kier molecular flexibility index (Phi) is 7.09. The van der Waals surface area contributed by atoms with E-state index in [2.05, 4.69) is 31.9 Å². The Morgan fingerprint density at radius 2 is 1.69 bits per heavy atom. The lowest BCUT2D eigenvalue weighted by atomic mass is 10.2. The third-order valence-corrected chi connectivity index (χ3v) is 7.01. The summed E-state index contributed by atoms with van der Waals surface area (Å²) in [5, 5.41) is 0. The van der Waals surface area contributed by atoms with Gasteiger partial charge in [-0.25, -0.2) is 8.78 Å². The molecule has 162 valence electrons. The number of thiocarbonyl (C=S) groups is 1. The minimum Gasteiger partial charge on any atom is -0.486 e. The lowest BCUT2D eigenvalue weighted by Crippen LogP contribution is -2.27. The standard InChI is InChI=1S/C23H13Br2F2NO2S2/c24-17-9-13(10-18(25)21(17)30-12-14-3-1-2-4-19(14)27)11-20-22(29)28(23(31)32-20)16-7-5-15(26)6-8-16/h1-11H,12H2/b20-11+. The molecule has 1 aliphatic heterocycles. The van der Waals surface area contributed by atoms with Crippen LogP contribution in [0.4, 0.5) is 14.5 Å². The number of ether oxygens (including phenoxy) is 1. The number of thioether (sulfide) groups is 1. The quantitative estimate of drug-likeness (QED) is 0.226. The summed E-state index contributed by atoms with van der Waals surface area (Å²) in [6, 6.07) is 15.6. The van der Waals surface area contributed by atoms with E-state index in [0.717, 1.165) is 5.56 Å². The van der Waals surface area contributed by atoms with E-state index < -0.39 is 0 Å². The van der Waals surface area contributed by atoms with Gasteiger partial charge in [0.2, 0.25) is 0 Å². The van der Waals surface area contributed by atoms with Gasteiger partial charge in [-0.3, -0.25) is 9.69 Å². The van der Waals surface area contributed by atoms with Crippen LogP contribution in [0.3, 0.4) is 0 Å². The highest BCUT2D eigenvalue weighted by atomic mass is 79.9. The summed E-state index contributed by atoms with van der Waals surface area (Å²) in [6.45, 7) is 0.0690. The molecule has 0 bridgehead atoms. The Labute approximate surface area is 209 Å². The van der Waals surface area contributed by atoms with Crippen LogP contribution >= 0.6 is 55.8 Å². The van der Waals surface area contributed by atoms with Crippen molar-refractivity contribution in [2.75, 3.05) is 4.90 Å². The van der Waals surface area contributed by atoms with Crippen molar-refractivity contribution in [1.29, 1.82) is 0 Å². The molecule has 9 heteroatoms. The van der Waals surface area contributed by atoms with Gasteiger partial charge in [0.15, 0.2) is 4.32 Å². The van der Waals surface area contributed by atoms with Crippen LogP contribution in [0.1, 0.15) is 11.1 Å². The fourth-order valence-corrected chi connectivity index (χ4v) is 5.75. The summed E-state index contributed by atoms with van der Waals surface area (Å²) in [5.74, 6) is -0.482. The molecule has 0 aliphatic carbocycles. The Balaban J connectivity index is 1.55. The lowest BCUT2D eigenvalue weighted by molar-refractivity contribution is -0.113. The van der Waals surface area contributed by atoms with E-state index in [4.69, 9.17) is 17.0 Å². The molecule has 4 rings (SSSR count). The first-order valence-corrected chi connectivity index (χ1v) is 12.0. The first kappa shape index (κ1) is 23.1. The average Bonchev–Trinajstić information content (AvgIpc) is 3.02. The number of hydrogen-bond acceptors (Lipinski definition) is 4. The van der Waals surface area contributed by atoms with Gasteiger partial charge in [-0.15, -0.1) is 0 Å². The summed E-state index contributed by atoms with van der Waals surface area (Å²) in [5.41, 5.74) is 1.69. The maximum absolute atomic E-state index is 13.8. The van der Waals surface area contributed by atoms with Crippen molar-refractivity contribution in [3.63, 3.8) is 0 Å². The molecule has 0 spiro atoms. The van der Waals surface area contributed by atoms with Gasteiger partial charge in [-0.1, -0.05) is 42.2 Å². The number of rotatable bonds is 5. The van der Waals surface area contributed by atoms with Gasteiger partial charge < -0.3 is 4.74 Å². The Hall–Kier alpha value is -2.07. The zero-order chi connectivity index (χ0) is 22.8. The van der Waals surface area contributed by atoms with Crippen LogP contribution in [-0.4, -0.2) is 10.2 Å². The second kappa shape index (κ2) is 9.82. The van der Waals surface area contributed by atoms with Gasteiger partial charge in [0.05, 0.1) is 19.5 Å². The highest BCUT2D eigenvalue weighted by Gasteiger charge is 2.33. The van der Waals surface area contributed by atoms with Crippen LogP contribution in [0.5, 0.6) is 5.75 Å². The molecule has 1 aliphatic rings. The van der Waals surface area contributed by atoms with E-state index in [-0.39, 0.29) is 24.1 Å². The van der Waals surface area contributed by atoms with Crippen LogP contribution < -0.4 is 9.64 Å². The molecule has 1 amide bonds. The van der Waals surface area contributed by atoms with Crippen LogP contribution in [0.25, 0.3) is 6.08 Å². The molecule has 3 nitrogen and oxygen atoms in total.